The number of aliphatic hydroxyl groups excluding tert-OH is 1. The monoisotopic (exact) mass is 414 g/mol. The Balaban J connectivity index is 1.77. The number of aliphatic imine (C=N–C) groups is 1. The van der Waals surface area contributed by atoms with E-state index >= 15 is 0 Å². The maximum Gasteiger partial charge on any atom is 0.168 e. The third kappa shape index (κ3) is 5.27. The molecular weight excluding hydrogens is 380 g/mol. The van der Waals surface area contributed by atoms with Gasteiger partial charge in [-0.15, -0.1) is 0 Å². The largest absolute Gasteiger partial charge is 0.511 e. The van der Waals surface area contributed by atoms with Crippen LogP contribution in [0.5, 0.6) is 0 Å². The Morgan fingerprint density at radius 1 is 1.13 bits per heavy atom. The van der Waals surface area contributed by atoms with Gasteiger partial charge in [0.05, 0.1) is 16.8 Å². The van der Waals surface area contributed by atoms with Crippen LogP contribution in [0, 0.1) is 5.41 Å². The summed E-state index contributed by atoms with van der Waals surface area (Å²) in [6.07, 6.45) is 8.21. The van der Waals surface area contributed by atoms with Crippen LogP contribution in [0.2, 0.25) is 0 Å². The van der Waals surface area contributed by atoms with E-state index in [4.69, 9.17) is 9.52 Å². The van der Waals surface area contributed by atoms with Crippen molar-refractivity contribution >= 4 is 17.3 Å². The van der Waals surface area contributed by atoms with Gasteiger partial charge in [0.1, 0.15) is 11.5 Å². The van der Waals surface area contributed by atoms with Gasteiger partial charge in [-0.1, -0.05) is 45.2 Å². The first-order valence-electron chi connectivity index (χ1n) is 11.3. The number of hydrogen-bond acceptors (Lipinski definition) is 6. The molecule has 0 unspecified atom stereocenters. The lowest BCUT2D eigenvalue weighted by atomic mass is 9.73. The maximum absolute atomic E-state index is 12.9. The normalized spacial score (nSPS) is 21.8. The number of nitrogens with zero attached hydrogens (tertiary/aromatic N) is 2. The molecule has 1 aromatic heterocycles. The van der Waals surface area contributed by atoms with Crippen LogP contribution in [-0.2, 0) is 17.6 Å². The van der Waals surface area contributed by atoms with Gasteiger partial charge in [0.15, 0.2) is 11.6 Å². The minimum Gasteiger partial charge on any atom is -0.511 e. The number of Topliss-reactive ketones (excluding diaryl/α,β-unsaturated/α-hetero) is 2. The summed E-state index contributed by atoms with van der Waals surface area (Å²) in [6, 6.07) is 0. The van der Waals surface area contributed by atoms with Crippen molar-refractivity contribution in [3.8, 4) is 0 Å². The van der Waals surface area contributed by atoms with E-state index in [1.54, 1.807) is 0 Å². The van der Waals surface area contributed by atoms with E-state index in [2.05, 4.69) is 25.9 Å². The lowest BCUT2D eigenvalue weighted by Gasteiger charge is -2.31. The molecule has 1 aromatic rings. The topological polar surface area (TPSA) is 92.8 Å². The minimum absolute atomic E-state index is 0.0469. The molecule has 1 saturated carbocycles. The Morgan fingerprint density at radius 2 is 1.93 bits per heavy atom. The number of aliphatic hydroxyl groups is 1. The fourth-order valence-corrected chi connectivity index (χ4v) is 4.42. The highest BCUT2D eigenvalue weighted by Gasteiger charge is 2.36. The zero-order chi connectivity index (χ0) is 21.7. The number of ketones is 2. The lowest BCUT2D eigenvalue weighted by Crippen LogP contribution is -2.33. The average molecular weight is 415 g/mol. The van der Waals surface area contributed by atoms with E-state index in [0.29, 0.717) is 54.8 Å². The SMILES string of the molecule is CCCCCCN=C1CC(C)(C)CC(=O)/C1=C(/O)CCc1noc2c1C(=O)CCC2. The third-order valence-electron chi connectivity index (χ3n) is 5.97. The molecule has 30 heavy (non-hydrogen) atoms. The highest BCUT2D eigenvalue weighted by molar-refractivity contribution is 6.24. The van der Waals surface area contributed by atoms with E-state index < -0.39 is 0 Å². The van der Waals surface area contributed by atoms with Crippen molar-refractivity contribution in [3.63, 3.8) is 0 Å². The molecular formula is C24H34N2O4. The van der Waals surface area contributed by atoms with Crippen molar-refractivity contribution in [2.45, 2.75) is 91.4 Å². The summed E-state index contributed by atoms with van der Waals surface area (Å²) in [6.45, 7) is 6.99. The zero-order valence-electron chi connectivity index (χ0n) is 18.6. The molecule has 0 aliphatic heterocycles. The quantitative estimate of drug-likeness (QED) is 0.352. The summed E-state index contributed by atoms with van der Waals surface area (Å²) in [4.78, 5) is 29.8. The van der Waals surface area contributed by atoms with Gasteiger partial charge < -0.3 is 9.63 Å². The van der Waals surface area contributed by atoms with Crippen LogP contribution in [0.3, 0.4) is 0 Å². The van der Waals surface area contributed by atoms with E-state index in [0.717, 1.165) is 31.4 Å². The van der Waals surface area contributed by atoms with Gasteiger partial charge in [0.2, 0.25) is 0 Å². The molecule has 6 nitrogen and oxygen atoms in total. The molecule has 0 amide bonds. The molecule has 0 atom stereocenters. The van der Waals surface area contributed by atoms with Gasteiger partial charge in [-0.2, -0.15) is 0 Å². The zero-order valence-corrected chi connectivity index (χ0v) is 18.6. The number of rotatable bonds is 8. The first kappa shape index (κ1) is 22.4. The minimum atomic E-state index is -0.152. The van der Waals surface area contributed by atoms with E-state index in [9.17, 15) is 14.7 Å². The Kier molecular flexibility index (Phi) is 7.27. The van der Waals surface area contributed by atoms with Crippen molar-refractivity contribution in [3.05, 3.63) is 28.3 Å². The van der Waals surface area contributed by atoms with E-state index in [-0.39, 0.29) is 29.2 Å². The Bertz CT molecular complexity index is 861. The first-order valence-corrected chi connectivity index (χ1v) is 11.3. The fraction of sp³-hybridized carbons (Fsp3) is 0.667. The number of hydrogen-bond donors (Lipinski definition) is 1. The van der Waals surface area contributed by atoms with Crippen LogP contribution in [0.4, 0.5) is 0 Å². The van der Waals surface area contributed by atoms with Crippen molar-refractivity contribution < 1.29 is 19.2 Å². The Hall–Kier alpha value is -2.24. The Morgan fingerprint density at radius 3 is 2.70 bits per heavy atom. The molecule has 1 fully saturated rings. The van der Waals surface area contributed by atoms with Gasteiger partial charge in [0.25, 0.3) is 0 Å². The van der Waals surface area contributed by atoms with Crippen LogP contribution in [0.1, 0.15) is 100 Å². The number of allylic oxidation sites excluding steroid dienone is 2. The van der Waals surface area contributed by atoms with Gasteiger partial charge in [-0.3, -0.25) is 14.6 Å². The van der Waals surface area contributed by atoms with Crippen LogP contribution < -0.4 is 0 Å². The standard InChI is InChI=1S/C24H34N2O4/c1-4-5-6-7-13-25-17-14-24(2,3)15-20(29)22(17)19(28)12-11-16-23-18(27)9-8-10-21(23)30-26-16/h28H,4-15H2,1-3H3/b22-19+,25-17?. The highest BCUT2D eigenvalue weighted by Crippen LogP contribution is 2.36. The van der Waals surface area contributed by atoms with Gasteiger partial charge in [0, 0.05) is 44.4 Å². The summed E-state index contributed by atoms with van der Waals surface area (Å²) in [5, 5.41) is 14.9. The molecule has 0 bridgehead atoms. The van der Waals surface area contributed by atoms with Crippen molar-refractivity contribution in [1.29, 1.82) is 0 Å². The van der Waals surface area contributed by atoms with Crippen LogP contribution >= 0.6 is 0 Å². The van der Waals surface area contributed by atoms with Crippen molar-refractivity contribution in [1.82, 2.24) is 5.16 Å². The molecule has 3 rings (SSSR count). The summed E-state index contributed by atoms with van der Waals surface area (Å²) < 4.78 is 5.33. The number of unbranched alkanes of at least 4 members (excludes halogenated alkanes) is 3. The van der Waals surface area contributed by atoms with Gasteiger partial charge >= 0.3 is 0 Å². The number of aryl methyl sites for hydroxylation is 2. The third-order valence-corrected chi connectivity index (χ3v) is 5.97. The summed E-state index contributed by atoms with van der Waals surface area (Å²) in [7, 11) is 0. The maximum atomic E-state index is 12.9. The smallest absolute Gasteiger partial charge is 0.168 e. The number of aromatic nitrogens is 1. The predicted octanol–water partition coefficient (Wildman–Crippen LogP) is 5.35. The fourth-order valence-electron chi connectivity index (χ4n) is 4.42. The van der Waals surface area contributed by atoms with E-state index in [1.165, 1.54) is 12.8 Å². The van der Waals surface area contributed by atoms with Crippen LogP contribution in [0.25, 0.3) is 0 Å². The molecule has 6 heteroatoms. The first-order chi connectivity index (χ1) is 14.3. The van der Waals surface area contributed by atoms with Crippen LogP contribution in [-0.4, -0.2) is 34.1 Å². The molecule has 0 radical (unpaired) electrons. The summed E-state index contributed by atoms with van der Waals surface area (Å²) >= 11 is 0. The van der Waals surface area contributed by atoms with Crippen molar-refractivity contribution in [2.24, 2.45) is 10.4 Å². The second kappa shape index (κ2) is 9.71. The predicted molar refractivity (Wildman–Crippen MR) is 116 cm³/mol. The van der Waals surface area contributed by atoms with Gasteiger partial charge in [-0.25, -0.2) is 0 Å². The number of fused-ring (bicyclic) bond motifs is 1. The van der Waals surface area contributed by atoms with Crippen LogP contribution in [0.15, 0.2) is 20.8 Å². The summed E-state index contributed by atoms with van der Waals surface area (Å²) in [5.74, 6) is 0.722. The van der Waals surface area contributed by atoms with Gasteiger partial charge in [-0.05, 0) is 24.7 Å². The molecule has 1 N–H and O–H groups in total. The molecule has 2 aliphatic rings. The Labute approximate surface area is 178 Å². The average Bonchev–Trinajstić information content (AvgIpc) is 3.09. The molecule has 1 heterocycles. The highest BCUT2D eigenvalue weighted by atomic mass is 16.5. The van der Waals surface area contributed by atoms with Crippen molar-refractivity contribution in [2.75, 3.05) is 6.54 Å². The second-order valence-electron chi connectivity index (χ2n) is 9.36. The molecule has 0 saturated heterocycles. The molecule has 0 aromatic carbocycles. The second-order valence-corrected chi connectivity index (χ2v) is 9.36. The van der Waals surface area contributed by atoms with E-state index in [1.807, 2.05) is 0 Å². The summed E-state index contributed by atoms with van der Waals surface area (Å²) in [5.41, 5.74) is 2.13. The lowest BCUT2D eigenvalue weighted by molar-refractivity contribution is -0.117. The molecule has 2 aliphatic carbocycles. The molecule has 164 valence electrons. The molecule has 0 spiro atoms. The number of carbonyl (C=O) groups is 2. The number of carbonyl (C=O) groups excluding carboxylic acids is 2.